The first-order valence-corrected chi connectivity index (χ1v) is 7.36. The summed E-state index contributed by atoms with van der Waals surface area (Å²) in [6.45, 7) is 0.714. The van der Waals surface area contributed by atoms with Crippen LogP contribution in [0.15, 0.2) is 54.6 Å². The molecule has 0 amide bonds. The molecule has 0 aromatic heterocycles. The lowest BCUT2D eigenvalue weighted by Gasteiger charge is -2.43. The minimum atomic E-state index is -1.52. The van der Waals surface area contributed by atoms with Crippen molar-refractivity contribution >= 4 is 17.3 Å². The molecule has 1 nitrogen and oxygen atoms in total. The zero-order valence-corrected chi connectivity index (χ0v) is 12.0. The number of alkyl halides is 1. The molecule has 2 aromatic rings. The van der Waals surface area contributed by atoms with Crippen LogP contribution in [0.5, 0.6) is 0 Å². The summed E-state index contributed by atoms with van der Waals surface area (Å²) in [7, 11) is 0. The maximum atomic E-state index is 15.8. The van der Waals surface area contributed by atoms with Crippen molar-refractivity contribution in [3.8, 4) is 0 Å². The van der Waals surface area contributed by atoms with Crippen molar-refractivity contribution in [2.24, 2.45) is 0 Å². The van der Waals surface area contributed by atoms with Crippen LogP contribution in [0.4, 0.5) is 10.1 Å². The van der Waals surface area contributed by atoms with Gasteiger partial charge in [-0.1, -0.05) is 48.0 Å². The van der Waals surface area contributed by atoms with Gasteiger partial charge in [-0.2, -0.15) is 0 Å². The Balaban J connectivity index is 2.06. The molecule has 3 heteroatoms. The molecule has 20 heavy (non-hydrogen) atoms. The van der Waals surface area contributed by atoms with Gasteiger partial charge in [-0.3, -0.25) is 0 Å². The molecule has 1 heterocycles. The van der Waals surface area contributed by atoms with E-state index in [1.165, 1.54) is 0 Å². The zero-order chi connectivity index (χ0) is 14.0. The van der Waals surface area contributed by atoms with Crippen LogP contribution in [-0.2, 0) is 5.79 Å². The predicted molar refractivity (Wildman–Crippen MR) is 81.9 cm³/mol. The monoisotopic (exact) mass is 289 g/mol. The number of rotatable bonds is 2. The maximum absolute atomic E-state index is 15.8. The molecule has 104 valence electrons. The topological polar surface area (TPSA) is 3.24 Å². The van der Waals surface area contributed by atoms with E-state index >= 15 is 4.39 Å². The summed E-state index contributed by atoms with van der Waals surface area (Å²) >= 11 is 6.23. The molecule has 0 N–H and O–H groups in total. The second kappa shape index (κ2) is 5.45. The summed E-state index contributed by atoms with van der Waals surface area (Å²) in [4.78, 5) is 1.84. The highest BCUT2D eigenvalue weighted by molar-refractivity contribution is 6.31. The summed E-state index contributed by atoms with van der Waals surface area (Å²) < 4.78 is 15.8. The highest BCUT2D eigenvalue weighted by atomic mass is 35.5. The van der Waals surface area contributed by atoms with Gasteiger partial charge in [-0.05, 0) is 31.0 Å². The Labute approximate surface area is 124 Å². The highest BCUT2D eigenvalue weighted by Crippen LogP contribution is 2.44. The zero-order valence-electron chi connectivity index (χ0n) is 11.2. The van der Waals surface area contributed by atoms with Crippen LogP contribution in [0.1, 0.15) is 24.8 Å². The average molecular weight is 290 g/mol. The van der Waals surface area contributed by atoms with Gasteiger partial charge in [0.05, 0.1) is 0 Å². The van der Waals surface area contributed by atoms with Gasteiger partial charge in [0.25, 0.3) is 0 Å². The molecular formula is C17H17ClFN. The van der Waals surface area contributed by atoms with Crippen LogP contribution in [0.3, 0.4) is 0 Å². The van der Waals surface area contributed by atoms with E-state index in [1.807, 2.05) is 47.4 Å². The molecule has 2 aromatic carbocycles. The first-order valence-electron chi connectivity index (χ1n) is 6.98. The van der Waals surface area contributed by atoms with Gasteiger partial charge in [-0.15, -0.1) is 0 Å². The van der Waals surface area contributed by atoms with Crippen molar-refractivity contribution in [1.29, 1.82) is 0 Å². The summed E-state index contributed by atoms with van der Waals surface area (Å²) in [6, 6.07) is 17.0. The van der Waals surface area contributed by atoms with E-state index in [1.54, 1.807) is 12.1 Å². The van der Waals surface area contributed by atoms with Crippen molar-refractivity contribution in [3.63, 3.8) is 0 Å². The average Bonchev–Trinajstić information content (AvgIpc) is 2.49. The van der Waals surface area contributed by atoms with Crippen molar-refractivity contribution in [3.05, 3.63) is 65.2 Å². The van der Waals surface area contributed by atoms with E-state index in [2.05, 4.69) is 0 Å². The Morgan fingerprint density at radius 1 is 0.950 bits per heavy atom. The number of halogens is 2. The van der Waals surface area contributed by atoms with E-state index in [-0.39, 0.29) is 0 Å². The Bertz CT molecular complexity index is 587. The Kier molecular flexibility index (Phi) is 3.66. The molecule has 1 saturated heterocycles. The smallest absolute Gasteiger partial charge is 0.210 e. The Morgan fingerprint density at radius 2 is 1.65 bits per heavy atom. The van der Waals surface area contributed by atoms with Crippen molar-refractivity contribution in [2.75, 3.05) is 11.4 Å². The fraction of sp³-hybridized carbons (Fsp3) is 0.294. The number of nitrogens with zero attached hydrogens (tertiary/aromatic N) is 1. The number of benzene rings is 2. The lowest BCUT2D eigenvalue weighted by molar-refractivity contribution is 0.118. The molecule has 0 saturated carbocycles. The van der Waals surface area contributed by atoms with E-state index in [4.69, 9.17) is 11.6 Å². The van der Waals surface area contributed by atoms with Gasteiger partial charge in [0, 0.05) is 29.2 Å². The normalized spacial score (nSPS) is 22.8. The lowest BCUT2D eigenvalue weighted by Crippen LogP contribution is -2.46. The van der Waals surface area contributed by atoms with Crippen molar-refractivity contribution in [1.82, 2.24) is 0 Å². The standard InChI is InChI=1S/C17H17ClFN/c18-16-11-5-4-10-15(16)17(19)12-6-7-13-20(17)14-8-2-1-3-9-14/h1-5,8-11H,6-7,12-13H2. The fourth-order valence-corrected chi connectivity index (χ4v) is 3.22. The second-order valence-corrected chi connectivity index (χ2v) is 5.59. The molecule has 1 atom stereocenters. The number of hydrogen-bond acceptors (Lipinski definition) is 1. The molecule has 3 rings (SSSR count). The third-order valence-corrected chi connectivity index (χ3v) is 4.25. The number of anilines is 1. The summed E-state index contributed by atoms with van der Waals surface area (Å²) in [5.41, 5.74) is 1.49. The van der Waals surface area contributed by atoms with Crippen LogP contribution < -0.4 is 4.90 Å². The lowest BCUT2D eigenvalue weighted by atomic mass is 9.92. The van der Waals surface area contributed by atoms with Gasteiger partial charge in [0.1, 0.15) is 0 Å². The summed E-state index contributed by atoms with van der Waals surface area (Å²) in [6.07, 6.45) is 2.36. The van der Waals surface area contributed by atoms with Crippen LogP contribution in [0.25, 0.3) is 0 Å². The van der Waals surface area contributed by atoms with Crippen LogP contribution in [0, 0.1) is 0 Å². The highest BCUT2D eigenvalue weighted by Gasteiger charge is 2.42. The van der Waals surface area contributed by atoms with Crippen LogP contribution in [0.2, 0.25) is 5.02 Å². The molecule has 0 spiro atoms. The van der Waals surface area contributed by atoms with Gasteiger partial charge >= 0.3 is 0 Å². The van der Waals surface area contributed by atoms with E-state index in [0.29, 0.717) is 23.6 Å². The van der Waals surface area contributed by atoms with Gasteiger partial charge in [0.2, 0.25) is 5.79 Å². The Morgan fingerprint density at radius 3 is 2.40 bits per heavy atom. The third-order valence-electron chi connectivity index (χ3n) is 3.92. The van der Waals surface area contributed by atoms with E-state index in [9.17, 15) is 0 Å². The minimum Gasteiger partial charge on any atom is -0.336 e. The van der Waals surface area contributed by atoms with Crippen LogP contribution in [-0.4, -0.2) is 6.54 Å². The second-order valence-electron chi connectivity index (χ2n) is 5.18. The van der Waals surface area contributed by atoms with E-state index < -0.39 is 5.79 Å². The van der Waals surface area contributed by atoms with E-state index in [0.717, 1.165) is 18.5 Å². The SMILES string of the molecule is FC1(c2ccccc2Cl)CCCCN1c1ccccc1. The molecular weight excluding hydrogens is 273 g/mol. The molecule has 0 aliphatic carbocycles. The fourth-order valence-electron chi connectivity index (χ4n) is 2.93. The van der Waals surface area contributed by atoms with Crippen molar-refractivity contribution < 1.29 is 4.39 Å². The number of hydrogen-bond donors (Lipinski definition) is 0. The maximum Gasteiger partial charge on any atom is 0.210 e. The predicted octanol–water partition coefficient (Wildman–Crippen LogP) is 5.15. The third kappa shape index (κ3) is 2.29. The van der Waals surface area contributed by atoms with Gasteiger partial charge in [0.15, 0.2) is 0 Å². The quantitative estimate of drug-likeness (QED) is 0.691. The molecule has 0 radical (unpaired) electrons. The van der Waals surface area contributed by atoms with Gasteiger partial charge in [-0.25, -0.2) is 4.39 Å². The summed E-state index contributed by atoms with van der Waals surface area (Å²) in [5.74, 6) is -1.52. The minimum absolute atomic E-state index is 0.478. The number of piperidine rings is 1. The van der Waals surface area contributed by atoms with Crippen LogP contribution >= 0.6 is 11.6 Å². The molecule has 1 fully saturated rings. The first-order chi connectivity index (χ1) is 9.72. The Hall–Kier alpha value is -1.54. The molecule has 1 unspecified atom stereocenters. The van der Waals surface area contributed by atoms with Gasteiger partial charge < -0.3 is 4.90 Å². The summed E-state index contributed by atoms with van der Waals surface area (Å²) in [5, 5.41) is 0.498. The van der Waals surface area contributed by atoms with Crippen molar-refractivity contribution in [2.45, 2.75) is 25.1 Å². The first kappa shape index (κ1) is 13.4. The largest absolute Gasteiger partial charge is 0.336 e. The molecule has 1 aliphatic heterocycles. The number of para-hydroxylation sites is 1. The molecule has 0 bridgehead atoms. The molecule has 1 aliphatic rings.